The summed E-state index contributed by atoms with van der Waals surface area (Å²) in [6, 6.07) is 3.55. The monoisotopic (exact) mass is 305 g/mol. The van der Waals surface area contributed by atoms with Gasteiger partial charge in [-0.1, -0.05) is 31.8 Å². The summed E-state index contributed by atoms with van der Waals surface area (Å²) in [7, 11) is 0. The third kappa shape index (κ3) is 3.59. The van der Waals surface area contributed by atoms with Gasteiger partial charge in [0.25, 0.3) is 0 Å². The van der Waals surface area contributed by atoms with Crippen LogP contribution in [0.3, 0.4) is 0 Å². The van der Waals surface area contributed by atoms with Crippen LogP contribution >= 0.6 is 0 Å². The van der Waals surface area contributed by atoms with Crippen molar-refractivity contribution in [2.75, 3.05) is 13.2 Å². The number of hydrogen-bond donors (Lipinski definition) is 1. The fourth-order valence-corrected chi connectivity index (χ4v) is 2.34. The molecule has 0 unspecified atom stereocenters. The Morgan fingerprint density at radius 2 is 1.68 bits per heavy atom. The quantitative estimate of drug-likeness (QED) is 0.452. The van der Waals surface area contributed by atoms with Crippen LogP contribution in [0.15, 0.2) is 17.3 Å². The smallest absolute Gasteiger partial charge is 0.211 e. The predicted octanol–water partition coefficient (Wildman–Crippen LogP) is 3.61. The van der Waals surface area contributed by atoms with Gasteiger partial charge in [-0.05, 0) is 30.5 Å². The number of carbonyl (C=O) groups is 1. The summed E-state index contributed by atoms with van der Waals surface area (Å²) >= 11 is 0. The van der Waals surface area contributed by atoms with Crippen molar-refractivity contribution < 1.29 is 19.5 Å². The second-order valence-corrected chi connectivity index (χ2v) is 5.41. The zero-order valence-electron chi connectivity index (χ0n) is 13.2. The topological polar surface area (TPSA) is 68.1 Å². The standard InChI is InChI=1S/C17H23NO4/c1-3-5-7-21-15-10-12-9-14(18-20)17(19)13(12)11-16(15)22-8-6-4-2/h10-11,20H,3-9H2,1-2H3. The fourth-order valence-electron chi connectivity index (χ4n) is 2.34. The molecule has 1 aliphatic rings. The highest BCUT2D eigenvalue weighted by molar-refractivity contribution is 6.49. The van der Waals surface area contributed by atoms with E-state index in [2.05, 4.69) is 19.0 Å². The molecule has 22 heavy (non-hydrogen) atoms. The molecule has 0 heterocycles. The van der Waals surface area contributed by atoms with Gasteiger partial charge in [0.05, 0.1) is 13.2 Å². The SMILES string of the molecule is CCCCOc1cc2c(cc1OCCCC)C(=O)C(=NO)C2. The van der Waals surface area contributed by atoms with Gasteiger partial charge in [0.15, 0.2) is 11.5 Å². The van der Waals surface area contributed by atoms with Crippen LogP contribution in [0.1, 0.15) is 55.5 Å². The van der Waals surface area contributed by atoms with E-state index in [1.165, 1.54) is 0 Å². The van der Waals surface area contributed by atoms with Crippen molar-refractivity contribution >= 4 is 11.5 Å². The van der Waals surface area contributed by atoms with Crippen LogP contribution in [0.25, 0.3) is 0 Å². The van der Waals surface area contributed by atoms with Gasteiger partial charge in [-0.25, -0.2) is 0 Å². The Hall–Kier alpha value is -2.04. The predicted molar refractivity (Wildman–Crippen MR) is 84.5 cm³/mol. The summed E-state index contributed by atoms with van der Waals surface area (Å²) < 4.78 is 11.6. The van der Waals surface area contributed by atoms with Crippen molar-refractivity contribution in [2.24, 2.45) is 5.16 Å². The van der Waals surface area contributed by atoms with Crippen LogP contribution in [-0.4, -0.2) is 29.9 Å². The lowest BCUT2D eigenvalue weighted by atomic mass is 10.1. The number of rotatable bonds is 8. The van der Waals surface area contributed by atoms with Crippen molar-refractivity contribution in [2.45, 2.75) is 46.0 Å². The molecule has 0 amide bonds. The number of carbonyl (C=O) groups excluding carboxylic acids is 1. The second-order valence-electron chi connectivity index (χ2n) is 5.41. The lowest BCUT2D eigenvalue weighted by molar-refractivity contribution is 0.106. The number of hydrogen-bond acceptors (Lipinski definition) is 5. The van der Waals surface area contributed by atoms with E-state index >= 15 is 0 Å². The molecule has 0 fully saturated rings. The number of ether oxygens (including phenoxy) is 2. The molecule has 0 radical (unpaired) electrons. The Kier molecular flexibility index (Phi) is 5.81. The molecular formula is C17H23NO4. The van der Waals surface area contributed by atoms with E-state index in [0.717, 1.165) is 31.2 Å². The lowest BCUT2D eigenvalue weighted by Gasteiger charge is -2.14. The molecule has 0 saturated carbocycles. The van der Waals surface area contributed by atoms with E-state index in [0.29, 0.717) is 36.7 Å². The van der Waals surface area contributed by atoms with Crippen LogP contribution in [0.5, 0.6) is 11.5 Å². The summed E-state index contributed by atoms with van der Waals surface area (Å²) in [5, 5.41) is 12.0. The first-order chi connectivity index (χ1) is 10.7. The third-order valence-electron chi connectivity index (χ3n) is 3.67. The molecule has 0 aliphatic heterocycles. The van der Waals surface area contributed by atoms with Gasteiger partial charge in [0.1, 0.15) is 5.71 Å². The van der Waals surface area contributed by atoms with Gasteiger partial charge in [-0.15, -0.1) is 0 Å². The Bertz CT molecular complexity index is 566. The minimum Gasteiger partial charge on any atom is -0.490 e. The van der Waals surface area contributed by atoms with Gasteiger partial charge in [-0.3, -0.25) is 4.79 Å². The first kappa shape index (κ1) is 16.3. The molecule has 1 aromatic rings. The number of nitrogens with zero attached hydrogens (tertiary/aromatic N) is 1. The van der Waals surface area contributed by atoms with E-state index in [4.69, 9.17) is 14.7 Å². The summed E-state index contributed by atoms with van der Waals surface area (Å²) in [6.45, 7) is 5.41. The zero-order valence-corrected chi connectivity index (χ0v) is 13.2. The van der Waals surface area contributed by atoms with Crippen molar-refractivity contribution in [3.8, 4) is 11.5 Å². The highest BCUT2D eigenvalue weighted by atomic mass is 16.5. The lowest BCUT2D eigenvalue weighted by Crippen LogP contribution is -2.07. The van der Waals surface area contributed by atoms with Crippen LogP contribution < -0.4 is 9.47 Å². The first-order valence-corrected chi connectivity index (χ1v) is 7.89. The van der Waals surface area contributed by atoms with E-state index in [1.54, 1.807) is 6.07 Å². The minimum atomic E-state index is -0.238. The molecule has 5 nitrogen and oxygen atoms in total. The van der Waals surface area contributed by atoms with Gasteiger partial charge in [0, 0.05) is 12.0 Å². The average molecular weight is 305 g/mol. The highest BCUT2D eigenvalue weighted by Gasteiger charge is 2.29. The maximum absolute atomic E-state index is 12.1. The van der Waals surface area contributed by atoms with Crippen molar-refractivity contribution in [1.82, 2.24) is 0 Å². The molecular weight excluding hydrogens is 282 g/mol. The highest BCUT2D eigenvalue weighted by Crippen LogP contribution is 2.35. The number of benzene rings is 1. The molecule has 1 aliphatic carbocycles. The van der Waals surface area contributed by atoms with Crippen LogP contribution in [0.4, 0.5) is 0 Å². The number of ketones is 1. The van der Waals surface area contributed by atoms with Gasteiger partial charge in [-0.2, -0.15) is 0 Å². The Labute approximate surface area is 130 Å². The van der Waals surface area contributed by atoms with E-state index in [1.807, 2.05) is 6.07 Å². The van der Waals surface area contributed by atoms with E-state index in [9.17, 15) is 4.79 Å². The summed E-state index contributed by atoms with van der Waals surface area (Å²) in [5.41, 5.74) is 1.54. The Morgan fingerprint density at radius 3 is 2.23 bits per heavy atom. The largest absolute Gasteiger partial charge is 0.490 e. The van der Waals surface area contributed by atoms with Crippen molar-refractivity contribution in [3.63, 3.8) is 0 Å². The molecule has 0 spiro atoms. The average Bonchev–Trinajstić information content (AvgIpc) is 2.83. The molecule has 0 atom stereocenters. The summed E-state index contributed by atoms with van der Waals surface area (Å²) in [4.78, 5) is 12.1. The number of Topliss-reactive ketones (excluding diaryl/α,β-unsaturated/α-hetero) is 1. The van der Waals surface area contributed by atoms with Gasteiger partial charge in [0.2, 0.25) is 5.78 Å². The van der Waals surface area contributed by atoms with E-state index < -0.39 is 0 Å². The minimum absolute atomic E-state index is 0.167. The Morgan fingerprint density at radius 1 is 1.09 bits per heavy atom. The third-order valence-corrected chi connectivity index (χ3v) is 3.67. The molecule has 1 N–H and O–H groups in total. The Balaban J connectivity index is 2.25. The van der Waals surface area contributed by atoms with Crippen LogP contribution in [0.2, 0.25) is 0 Å². The van der Waals surface area contributed by atoms with Crippen LogP contribution in [-0.2, 0) is 6.42 Å². The number of fused-ring (bicyclic) bond motifs is 1. The number of oxime groups is 1. The van der Waals surface area contributed by atoms with E-state index in [-0.39, 0.29) is 11.5 Å². The molecule has 0 saturated heterocycles. The molecule has 1 aromatic carbocycles. The van der Waals surface area contributed by atoms with Gasteiger partial charge >= 0.3 is 0 Å². The number of unbranched alkanes of at least 4 members (excludes halogenated alkanes) is 2. The first-order valence-electron chi connectivity index (χ1n) is 7.89. The maximum Gasteiger partial charge on any atom is 0.211 e. The molecule has 5 heteroatoms. The maximum atomic E-state index is 12.1. The fraction of sp³-hybridized carbons (Fsp3) is 0.529. The molecule has 0 bridgehead atoms. The summed E-state index contributed by atoms with van der Waals surface area (Å²) in [5.74, 6) is 1.02. The van der Waals surface area contributed by atoms with Crippen molar-refractivity contribution in [1.29, 1.82) is 0 Å². The normalized spacial score (nSPS) is 15.2. The molecule has 120 valence electrons. The summed E-state index contributed by atoms with van der Waals surface area (Å²) in [6.07, 6.45) is 4.34. The zero-order chi connectivity index (χ0) is 15.9. The molecule has 2 rings (SSSR count). The van der Waals surface area contributed by atoms with Gasteiger partial charge < -0.3 is 14.7 Å². The molecule has 0 aromatic heterocycles. The van der Waals surface area contributed by atoms with Crippen molar-refractivity contribution in [3.05, 3.63) is 23.3 Å². The van der Waals surface area contributed by atoms with Crippen LogP contribution in [0, 0.1) is 0 Å². The second kappa shape index (κ2) is 7.82.